The number of carbonyl (C=O) groups is 1. The number of rotatable bonds is 7. The van der Waals surface area contributed by atoms with E-state index in [9.17, 15) is 9.90 Å². The summed E-state index contributed by atoms with van der Waals surface area (Å²) < 4.78 is 18.5. The molecular weight excluding hydrogens is 384 g/mol. The van der Waals surface area contributed by atoms with E-state index in [0.717, 1.165) is 11.8 Å². The van der Waals surface area contributed by atoms with E-state index < -0.39 is 31.4 Å². The second-order valence-corrected chi connectivity index (χ2v) is 15.2. The van der Waals surface area contributed by atoms with E-state index in [1.807, 2.05) is 37.3 Å². The Labute approximate surface area is 175 Å². The zero-order chi connectivity index (χ0) is 21.5. The number of hydrogen-bond donors (Lipinski definition) is 1. The molecule has 2 aliphatic rings. The van der Waals surface area contributed by atoms with E-state index in [-0.39, 0.29) is 11.1 Å². The highest BCUT2D eigenvalue weighted by Gasteiger charge is 2.69. The fourth-order valence-electron chi connectivity index (χ4n) is 4.19. The predicted molar refractivity (Wildman–Crippen MR) is 115 cm³/mol. The molecule has 1 saturated carbocycles. The molecule has 6 heteroatoms. The van der Waals surface area contributed by atoms with Crippen molar-refractivity contribution in [3.05, 3.63) is 35.9 Å². The SMILES string of the molecule is CC(C)(C)[Si](C)(C)O[C@@H]1C[C@H](O)[C@@](C)(COCc2ccccc2)[C@H](C=O)[C@]12CO2. The van der Waals surface area contributed by atoms with Gasteiger partial charge >= 0.3 is 0 Å². The van der Waals surface area contributed by atoms with Crippen molar-refractivity contribution in [2.24, 2.45) is 11.3 Å². The molecule has 0 unspecified atom stereocenters. The monoisotopic (exact) mass is 420 g/mol. The summed E-state index contributed by atoms with van der Waals surface area (Å²) >= 11 is 0. The van der Waals surface area contributed by atoms with Gasteiger partial charge in [-0.05, 0) is 23.7 Å². The third-order valence-electron chi connectivity index (χ3n) is 7.36. The van der Waals surface area contributed by atoms with Crippen LogP contribution in [0, 0.1) is 11.3 Å². The van der Waals surface area contributed by atoms with E-state index >= 15 is 0 Å². The van der Waals surface area contributed by atoms with Gasteiger partial charge in [-0.2, -0.15) is 0 Å². The lowest BCUT2D eigenvalue weighted by Gasteiger charge is -2.51. The molecule has 1 aromatic carbocycles. The van der Waals surface area contributed by atoms with Gasteiger partial charge in [0.05, 0.1) is 37.9 Å². The van der Waals surface area contributed by atoms with Gasteiger partial charge in [-0.3, -0.25) is 0 Å². The van der Waals surface area contributed by atoms with Gasteiger partial charge in [-0.1, -0.05) is 58.0 Å². The zero-order valence-corrected chi connectivity index (χ0v) is 19.6. The van der Waals surface area contributed by atoms with Crippen molar-refractivity contribution < 1.29 is 23.8 Å². The summed E-state index contributed by atoms with van der Waals surface area (Å²) in [5.74, 6) is -0.468. The topological polar surface area (TPSA) is 68.3 Å². The number of epoxide rings is 1. The number of aldehydes is 1. The minimum absolute atomic E-state index is 0.0459. The normalized spacial score (nSPS) is 34.9. The summed E-state index contributed by atoms with van der Waals surface area (Å²) in [6, 6.07) is 9.92. The number of aliphatic hydroxyl groups is 1. The molecule has 1 aromatic rings. The molecule has 29 heavy (non-hydrogen) atoms. The van der Waals surface area contributed by atoms with Crippen LogP contribution in [0.4, 0.5) is 0 Å². The van der Waals surface area contributed by atoms with Gasteiger partial charge < -0.3 is 23.8 Å². The van der Waals surface area contributed by atoms with Crippen LogP contribution < -0.4 is 0 Å². The second kappa shape index (κ2) is 7.89. The molecule has 3 rings (SSSR count). The van der Waals surface area contributed by atoms with E-state index in [1.54, 1.807) is 0 Å². The van der Waals surface area contributed by atoms with Gasteiger partial charge in [-0.15, -0.1) is 0 Å². The number of hydrogen-bond acceptors (Lipinski definition) is 5. The Balaban J connectivity index is 1.76. The average Bonchev–Trinajstić information content (AvgIpc) is 3.42. The molecule has 1 saturated heterocycles. The molecule has 1 heterocycles. The third-order valence-corrected chi connectivity index (χ3v) is 11.8. The molecule has 1 aliphatic carbocycles. The number of benzene rings is 1. The van der Waals surface area contributed by atoms with Gasteiger partial charge in [0, 0.05) is 11.8 Å². The smallest absolute Gasteiger partial charge is 0.192 e. The fraction of sp³-hybridized carbons (Fsp3) is 0.696. The van der Waals surface area contributed by atoms with Crippen molar-refractivity contribution >= 4 is 14.6 Å². The minimum Gasteiger partial charge on any atom is -0.411 e. The molecule has 0 radical (unpaired) electrons. The van der Waals surface area contributed by atoms with Crippen LogP contribution in [0.15, 0.2) is 30.3 Å². The van der Waals surface area contributed by atoms with Crippen LogP contribution in [0.25, 0.3) is 0 Å². The highest BCUT2D eigenvalue weighted by atomic mass is 28.4. The Bertz CT molecular complexity index is 710. The molecule has 2 fully saturated rings. The Morgan fingerprint density at radius 3 is 2.41 bits per heavy atom. The first-order chi connectivity index (χ1) is 13.5. The van der Waals surface area contributed by atoms with Crippen molar-refractivity contribution in [2.45, 2.75) is 76.7 Å². The van der Waals surface area contributed by atoms with Gasteiger partial charge in [0.25, 0.3) is 0 Å². The molecule has 0 bridgehead atoms. The maximum Gasteiger partial charge on any atom is 0.192 e. The summed E-state index contributed by atoms with van der Waals surface area (Å²) in [6.45, 7) is 14.2. The van der Waals surface area contributed by atoms with Gasteiger partial charge in [0.1, 0.15) is 11.9 Å². The Morgan fingerprint density at radius 1 is 1.28 bits per heavy atom. The van der Waals surface area contributed by atoms with Crippen LogP contribution >= 0.6 is 0 Å². The molecule has 1 N–H and O–H groups in total. The minimum atomic E-state index is -2.07. The summed E-state index contributed by atoms with van der Waals surface area (Å²) in [4.78, 5) is 12.2. The molecule has 0 amide bonds. The molecule has 1 aliphatic heterocycles. The molecular formula is C23H36O5Si. The maximum absolute atomic E-state index is 12.2. The Hall–Kier alpha value is -1.05. The molecule has 162 valence electrons. The Morgan fingerprint density at radius 2 is 1.90 bits per heavy atom. The highest BCUT2D eigenvalue weighted by Crippen LogP contribution is 2.56. The molecule has 5 nitrogen and oxygen atoms in total. The van der Waals surface area contributed by atoms with Gasteiger partial charge in [0.2, 0.25) is 0 Å². The van der Waals surface area contributed by atoms with Crippen LogP contribution in [0.1, 0.15) is 39.7 Å². The lowest BCUT2D eigenvalue weighted by Crippen LogP contribution is -2.62. The number of aliphatic hydroxyl groups excluding tert-OH is 1. The van der Waals surface area contributed by atoms with E-state index in [4.69, 9.17) is 13.9 Å². The van der Waals surface area contributed by atoms with Crippen LogP contribution in [0.2, 0.25) is 18.1 Å². The predicted octanol–water partition coefficient (Wildman–Crippen LogP) is 3.95. The average molecular weight is 421 g/mol. The largest absolute Gasteiger partial charge is 0.411 e. The molecule has 1 spiro atoms. The van der Waals surface area contributed by atoms with Gasteiger partial charge in [0.15, 0.2) is 8.32 Å². The third kappa shape index (κ3) is 4.23. The standard InChI is InChI=1S/C23H36O5Si/c1-21(2,3)29(5,6)28-20-12-19(25)22(4,18(13-24)23(20)16-27-23)15-26-14-17-10-8-7-9-11-17/h7-11,13,18-20,25H,12,14-16H2,1-6H3/t18-,19-,20+,22-,23+/m0/s1. The lowest BCUT2D eigenvalue weighted by molar-refractivity contribution is -0.162. The van der Waals surface area contributed by atoms with Crippen LogP contribution in [-0.4, -0.2) is 50.7 Å². The fourth-order valence-corrected chi connectivity index (χ4v) is 5.55. The zero-order valence-electron chi connectivity index (χ0n) is 18.6. The first kappa shape index (κ1) is 22.6. The maximum atomic E-state index is 12.2. The quantitative estimate of drug-likeness (QED) is 0.411. The van der Waals surface area contributed by atoms with Crippen molar-refractivity contribution in [3.8, 4) is 0 Å². The molecule has 5 atom stereocenters. The van der Waals surface area contributed by atoms with Crippen molar-refractivity contribution in [3.63, 3.8) is 0 Å². The van der Waals surface area contributed by atoms with Crippen LogP contribution in [-0.2, 0) is 25.3 Å². The summed E-state index contributed by atoms with van der Waals surface area (Å²) in [5, 5.41) is 11.1. The van der Waals surface area contributed by atoms with E-state index in [2.05, 4.69) is 33.9 Å². The number of carbonyl (C=O) groups excluding carboxylic acids is 1. The highest BCUT2D eigenvalue weighted by molar-refractivity contribution is 6.74. The van der Waals surface area contributed by atoms with Crippen molar-refractivity contribution in [2.75, 3.05) is 13.2 Å². The van der Waals surface area contributed by atoms with Crippen molar-refractivity contribution in [1.29, 1.82) is 0 Å². The molecule has 0 aromatic heterocycles. The Kier molecular flexibility index (Phi) is 6.16. The van der Waals surface area contributed by atoms with E-state index in [0.29, 0.717) is 26.2 Å². The van der Waals surface area contributed by atoms with Crippen molar-refractivity contribution in [1.82, 2.24) is 0 Å². The van der Waals surface area contributed by atoms with E-state index in [1.165, 1.54) is 0 Å². The summed E-state index contributed by atoms with van der Waals surface area (Å²) in [6.07, 6.45) is 0.444. The van der Waals surface area contributed by atoms with Crippen LogP contribution in [0.5, 0.6) is 0 Å². The number of ether oxygens (including phenoxy) is 2. The lowest BCUT2D eigenvalue weighted by atomic mass is 9.60. The second-order valence-electron chi connectivity index (χ2n) is 10.5. The summed E-state index contributed by atoms with van der Waals surface area (Å²) in [7, 11) is -2.07. The van der Waals surface area contributed by atoms with Crippen LogP contribution in [0.3, 0.4) is 0 Å². The summed E-state index contributed by atoms with van der Waals surface area (Å²) in [5.41, 5.74) is -0.276. The van der Waals surface area contributed by atoms with Gasteiger partial charge in [-0.25, -0.2) is 0 Å². The first-order valence-corrected chi connectivity index (χ1v) is 13.4. The first-order valence-electron chi connectivity index (χ1n) is 10.5.